The van der Waals surface area contributed by atoms with Gasteiger partial charge in [0.05, 0.1) is 5.69 Å². The lowest BCUT2D eigenvalue weighted by Gasteiger charge is -2.04. The Balaban J connectivity index is 2.24. The van der Waals surface area contributed by atoms with Crippen LogP contribution < -0.4 is 0 Å². The van der Waals surface area contributed by atoms with Gasteiger partial charge in [-0.2, -0.15) is 14.6 Å². The van der Waals surface area contributed by atoms with Gasteiger partial charge in [0.2, 0.25) is 0 Å². The van der Waals surface area contributed by atoms with E-state index in [4.69, 9.17) is 5.11 Å². The van der Waals surface area contributed by atoms with Crippen LogP contribution in [-0.2, 0) is 0 Å². The lowest BCUT2D eigenvalue weighted by Crippen LogP contribution is -2.08. The van der Waals surface area contributed by atoms with Crippen molar-refractivity contribution in [2.75, 3.05) is 0 Å². The fraction of sp³-hybridized carbons (Fsp3) is 0. The lowest BCUT2D eigenvalue weighted by atomic mass is 10.1. The number of carbonyl (C=O) groups is 1. The monoisotopic (exact) mass is 258 g/mol. The smallest absolute Gasteiger partial charge is 0.354 e. The Morgan fingerprint density at radius 1 is 1.26 bits per heavy atom. The van der Waals surface area contributed by atoms with Crippen molar-refractivity contribution in [1.29, 1.82) is 0 Å². The summed E-state index contributed by atoms with van der Waals surface area (Å²) in [6.07, 6.45) is 1.23. The van der Waals surface area contributed by atoms with Gasteiger partial charge in [-0.25, -0.2) is 14.2 Å². The third kappa shape index (κ3) is 1.90. The molecule has 3 aromatic rings. The Morgan fingerprint density at radius 2 is 2.00 bits per heavy atom. The number of rotatable bonds is 2. The van der Waals surface area contributed by atoms with Gasteiger partial charge in [-0.15, -0.1) is 0 Å². The molecule has 0 fully saturated rings. The van der Waals surface area contributed by atoms with E-state index in [1.165, 1.54) is 36.7 Å². The van der Waals surface area contributed by atoms with Crippen LogP contribution in [0.25, 0.3) is 17.0 Å². The molecule has 19 heavy (non-hydrogen) atoms. The minimum absolute atomic E-state index is 0.0539. The summed E-state index contributed by atoms with van der Waals surface area (Å²) in [5.41, 5.74) is 0.953. The molecule has 0 amide bonds. The number of fused-ring (bicyclic) bond motifs is 1. The summed E-state index contributed by atoms with van der Waals surface area (Å²) in [7, 11) is 0. The van der Waals surface area contributed by atoms with Gasteiger partial charge in [0.25, 0.3) is 5.78 Å². The number of hydrogen-bond donors (Lipinski definition) is 1. The SMILES string of the molecule is O=C(O)c1cc(-c2ccc(F)cc2)nc2ncnn12. The fourth-order valence-corrected chi connectivity index (χ4v) is 1.73. The molecule has 0 radical (unpaired) electrons. The number of carboxylic acids is 1. The Morgan fingerprint density at radius 3 is 2.68 bits per heavy atom. The first kappa shape index (κ1) is 11.3. The molecular weight excluding hydrogens is 251 g/mol. The summed E-state index contributed by atoms with van der Waals surface area (Å²) in [6.45, 7) is 0. The number of aromatic nitrogens is 4. The molecule has 0 spiro atoms. The van der Waals surface area contributed by atoms with Gasteiger partial charge in [-0.05, 0) is 30.3 Å². The van der Waals surface area contributed by atoms with Crippen LogP contribution in [0.5, 0.6) is 0 Å². The van der Waals surface area contributed by atoms with Crippen molar-refractivity contribution in [2.24, 2.45) is 0 Å². The zero-order chi connectivity index (χ0) is 13.4. The van der Waals surface area contributed by atoms with Gasteiger partial charge in [-0.1, -0.05) is 0 Å². The van der Waals surface area contributed by atoms with Crippen molar-refractivity contribution in [1.82, 2.24) is 19.6 Å². The molecule has 0 aliphatic carbocycles. The second kappa shape index (κ2) is 4.13. The van der Waals surface area contributed by atoms with Gasteiger partial charge in [0, 0.05) is 5.56 Å². The van der Waals surface area contributed by atoms with E-state index >= 15 is 0 Å². The average Bonchev–Trinajstić information content (AvgIpc) is 2.86. The third-order valence-corrected chi connectivity index (χ3v) is 2.61. The molecule has 2 aromatic heterocycles. The molecule has 7 heteroatoms. The van der Waals surface area contributed by atoms with E-state index in [1.54, 1.807) is 0 Å². The molecule has 0 saturated heterocycles. The molecule has 1 aromatic carbocycles. The maximum atomic E-state index is 12.9. The number of nitrogens with zero attached hydrogens (tertiary/aromatic N) is 4. The number of carboxylic acid groups (broad SMARTS) is 1. The average molecular weight is 258 g/mol. The molecule has 0 aliphatic rings. The quantitative estimate of drug-likeness (QED) is 0.755. The molecular formula is C12H7FN4O2. The predicted molar refractivity (Wildman–Crippen MR) is 63.1 cm³/mol. The van der Waals surface area contributed by atoms with E-state index in [0.29, 0.717) is 11.3 Å². The summed E-state index contributed by atoms with van der Waals surface area (Å²) in [5, 5.41) is 12.9. The minimum atomic E-state index is -1.14. The largest absolute Gasteiger partial charge is 0.477 e. The fourth-order valence-electron chi connectivity index (χ4n) is 1.73. The van der Waals surface area contributed by atoms with Gasteiger partial charge in [0.1, 0.15) is 12.1 Å². The highest BCUT2D eigenvalue weighted by atomic mass is 19.1. The highest BCUT2D eigenvalue weighted by Gasteiger charge is 2.14. The minimum Gasteiger partial charge on any atom is -0.477 e. The van der Waals surface area contributed by atoms with Gasteiger partial charge < -0.3 is 5.11 Å². The van der Waals surface area contributed by atoms with E-state index in [9.17, 15) is 9.18 Å². The first-order valence-electron chi connectivity index (χ1n) is 5.35. The molecule has 0 saturated carbocycles. The number of aromatic carboxylic acids is 1. The van der Waals surface area contributed by atoms with Crippen LogP contribution in [0.1, 0.15) is 10.5 Å². The first-order chi connectivity index (χ1) is 9.15. The van der Waals surface area contributed by atoms with Crippen molar-refractivity contribution in [3.8, 4) is 11.3 Å². The lowest BCUT2D eigenvalue weighted by molar-refractivity contribution is 0.0687. The highest BCUT2D eigenvalue weighted by molar-refractivity contribution is 5.87. The second-order valence-corrected chi connectivity index (χ2v) is 3.81. The molecule has 0 bridgehead atoms. The van der Waals surface area contributed by atoms with Crippen LogP contribution in [0.2, 0.25) is 0 Å². The van der Waals surface area contributed by atoms with Gasteiger partial charge in [0.15, 0.2) is 5.69 Å². The summed E-state index contributed by atoms with van der Waals surface area (Å²) >= 11 is 0. The van der Waals surface area contributed by atoms with Crippen molar-refractivity contribution in [3.05, 3.63) is 48.2 Å². The molecule has 0 unspecified atom stereocenters. The van der Waals surface area contributed by atoms with Crippen LogP contribution in [0, 0.1) is 5.82 Å². The third-order valence-electron chi connectivity index (χ3n) is 2.61. The molecule has 1 N–H and O–H groups in total. The van der Waals surface area contributed by atoms with Gasteiger partial charge >= 0.3 is 5.97 Å². The number of benzene rings is 1. The van der Waals surface area contributed by atoms with Crippen LogP contribution >= 0.6 is 0 Å². The maximum Gasteiger partial charge on any atom is 0.354 e. The Bertz CT molecular complexity index is 767. The second-order valence-electron chi connectivity index (χ2n) is 3.81. The molecule has 0 aliphatic heterocycles. The Hall–Kier alpha value is -2.83. The number of halogens is 1. The normalized spacial score (nSPS) is 10.8. The summed E-state index contributed by atoms with van der Waals surface area (Å²) < 4.78 is 14.0. The van der Waals surface area contributed by atoms with Crippen molar-refractivity contribution in [2.45, 2.75) is 0 Å². The molecule has 3 rings (SSSR count). The summed E-state index contributed by atoms with van der Waals surface area (Å²) in [6, 6.07) is 6.99. The zero-order valence-electron chi connectivity index (χ0n) is 9.49. The van der Waals surface area contributed by atoms with E-state index in [1.807, 2.05) is 0 Å². The first-order valence-corrected chi connectivity index (χ1v) is 5.35. The van der Waals surface area contributed by atoms with E-state index < -0.39 is 5.97 Å². The predicted octanol–water partition coefficient (Wildman–Crippen LogP) is 1.63. The van der Waals surface area contributed by atoms with E-state index in [2.05, 4.69) is 15.1 Å². The molecule has 2 heterocycles. The molecule has 0 atom stereocenters. The van der Waals surface area contributed by atoms with Crippen LogP contribution in [0.3, 0.4) is 0 Å². The maximum absolute atomic E-state index is 12.9. The topological polar surface area (TPSA) is 80.4 Å². The van der Waals surface area contributed by atoms with Crippen molar-refractivity contribution < 1.29 is 14.3 Å². The van der Waals surface area contributed by atoms with Crippen LogP contribution in [0.15, 0.2) is 36.7 Å². The van der Waals surface area contributed by atoms with Crippen LogP contribution in [0.4, 0.5) is 4.39 Å². The van der Waals surface area contributed by atoms with Crippen molar-refractivity contribution in [3.63, 3.8) is 0 Å². The number of hydrogen-bond acceptors (Lipinski definition) is 4. The zero-order valence-corrected chi connectivity index (χ0v) is 9.49. The van der Waals surface area contributed by atoms with E-state index in [-0.39, 0.29) is 17.3 Å². The Labute approximate surface area is 106 Å². The summed E-state index contributed by atoms with van der Waals surface area (Å²) in [4.78, 5) is 19.2. The van der Waals surface area contributed by atoms with Gasteiger partial charge in [-0.3, -0.25) is 0 Å². The highest BCUT2D eigenvalue weighted by Crippen LogP contribution is 2.19. The van der Waals surface area contributed by atoms with E-state index in [0.717, 1.165) is 4.52 Å². The molecule has 6 nitrogen and oxygen atoms in total. The van der Waals surface area contributed by atoms with Crippen molar-refractivity contribution >= 4 is 11.7 Å². The Kier molecular flexibility index (Phi) is 2.45. The molecule has 94 valence electrons. The standard InChI is InChI=1S/C12H7FN4O2/c13-8-3-1-7(2-4-8)9-5-10(11(18)19)17-12(16-9)14-6-15-17/h1-6H,(H,18,19). The van der Waals surface area contributed by atoms with Crippen LogP contribution in [-0.4, -0.2) is 30.7 Å². The summed E-state index contributed by atoms with van der Waals surface area (Å²) in [5.74, 6) is -1.33.